The van der Waals surface area contributed by atoms with E-state index < -0.39 is 42.9 Å². The number of fused-ring (bicyclic) bond motifs is 1. The molecule has 28 heavy (non-hydrogen) atoms. The third-order valence-corrected chi connectivity index (χ3v) is 4.20. The summed E-state index contributed by atoms with van der Waals surface area (Å²) in [6.45, 7) is -0.593. The molecule has 2 N–H and O–H groups in total. The summed E-state index contributed by atoms with van der Waals surface area (Å²) >= 11 is 0. The van der Waals surface area contributed by atoms with Crippen molar-refractivity contribution in [3.05, 3.63) is 40.6 Å². The Hall–Kier alpha value is -3.12. The molecule has 10 nitrogen and oxygen atoms in total. The highest BCUT2D eigenvalue weighted by atomic mass is 19.3. The van der Waals surface area contributed by atoms with Gasteiger partial charge in [0.25, 0.3) is 17.7 Å². The SMILES string of the molecule is O=C(Nc1ccn(C2O[C@H](CO)CC2(F)F)c(=O)n1)c1cnc2c(c1)OCO2. The number of rotatable bonds is 4. The molecule has 1 saturated heterocycles. The first-order chi connectivity index (χ1) is 13.4. The predicted octanol–water partition coefficient (Wildman–Crippen LogP) is 0.534. The van der Waals surface area contributed by atoms with Crippen LogP contribution in [0.3, 0.4) is 0 Å². The molecule has 2 atom stereocenters. The first kappa shape index (κ1) is 18.3. The molecule has 148 valence electrons. The monoisotopic (exact) mass is 396 g/mol. The molecule has 0 aliphatic carbocycles. The fourth-order valence-electron chi connectivity index (χ4n) is 2.88. The summed E-state index contributed by atoms with van der Waals surface area (Å²) in [6, 6.07) is 2.60. The maximum absolute atomic E-state index is 14.0. The van der Waals surface area contributed by atoms with Crippen LogP contribution in [-0.4, -0.2) is 51.0 Å². The Morgan fingerprint density at radius 1 is 1.43 bits per heavy atom. The summed E-state index contributed by atoms with van der Waals surface area (Å²) in [7, 11) is 0. The van der Waals surface area contributed by atoms with Crippen LogP contribution in [0.2, 0.25) is 0 Å². The molecule has 2 aliphatic rings. The highest BCUT2D eigenvalue weighted by molar-refractivity contribution is 6.03. The number of anilines is 1. The lowest BCUT2D eigenvalue weighted by Crippen LogP contribution is -2.35. The van der Waals surface area contributed by atoms with Gasteiger partial charge in [-0.2, -0.15) is 4.98 Å². The Morgan fingerprint density at radius 2 is 2.25 bits per heavy atom. The maximum Gasteiger partial charge on any atom is 0.351 e. The average molecular weight is 396 g/mol. The minimum absolute atomic E-state index is 0.00179. The lowest BCUT2D eigenvalue weighted by atomic mass is 10.2. The molecule has 0 saturated carbocycles. The van der Waals surface area contributed by atoms with E-state index in [9.17, 15) is 18.4 Å². The van der Waals surface area contributed by atoms with Crippen molar-refractivity contribution in [2.75, 3.05) is 18.7 Å². The Morgan fingerprint density at radius 3 is 2.96 bits per heavy atom. The van der Waals surface area contributed by atoms with Crippen molar-refractivity contribution in [2.24, 2.45) is 0 Å². The predicted molar refractivity (Wildman–Crippen MR) is 87.4 cm³/mol. The zero-order valence-electron chi connectivity index (χ0n) is 14.2. The minimum atomic E-state index is -3.35. The maximum atomic E-state index is 14.0. The summed E-state index contributed by atoms with van der Waals surface area (Å²) in [5.41, 5.74) is -0.906. The highest BCUT2D eigenvalue weighted by Gasteiger charge is 2.51. The summed E-state index contributed by atoms with van der Waals surface area (Å²) in [4.78, 5) is 32.0. The second-order valence-electron chi connectivity index (χ2n) is 6.15. The van der Waals surface area contributed by atoms with E-state index in [-0.39, 0.29) is 24.1 Å². The van der Waals surface area contributed by atoms with Gasteiger partial charge in [0.05, 0.1) is 18.3 Å². The Kier molecular flexibility index (Phi) is 4.43. The fraction of sp³-hybridized carbons (Fsp3) is 0.375. The number of carbonyl (C=O) groups is 1. The second-order valence-corrected chi connectivity index (χ2v) is 6.15. The van der Waals surface area contributed by atoms with Crippen molar-refractivity contribution in [3.8, 4) is 11.6 Å². The van der Waals surface area contributed by atoms with Crippen LogP contribution in [0.4, 0.5) is 14.6 Å². The van der Waals surface area contributed by atoms with Crippen LogP contribution < -0.4 is 20.5 Å². The zero-order valence-corrected chi connectivity index (χ0v) is 14.2. The summed E-state index contributed by atoms with van der Waals surface area (Å²) < 4.78 is 43.9. The Labute approximate surface area is 155 Å². The molecule has 0 radical (unpaired) electrons. The molecule has 0 aromatic carbocycles. The van der Waals surface area contributed by atoms with Gasteiger partial charge < -0.3 is 24.6 Å². The second kappa shape index (κ2) is 6.80. The Bertz CT molecular complexity index is 982. The number of aliphatic hydroxyl groups is 1. The van der Waals surface area contributed by atoms with Crippen molar-refractivity contribution >= 4 is 11.7 Å². The van der Waals surface area contributed by atoms with Gasteiger partial charge in [0, 0.05) is 24.9 Å². The number of nitrogens with one attached hydrogen (secondary N) is 1. The van der Waals surface area contributed by atoms with Gasteiger partial charge in [0.1, 0.15) is 5.82 Å². The standard InChI is InChI=1S/C16H14F2N4O6/c17-16(18)4-9(6-23)28-14(16)22-2-1-11(21-15(22)25)20-12(24)8-3-10-13(19-5-8)27-7-26-10/h1-3,5,9,14,23H,4,6-7H2,(H,20,21,24,25)/t9-,14?/m0/s1. The molecule has 0 bridgehead atoms. The first-order valence-corrected chi connectivity index (χ1v) is 8.18. The molecule has 2 aromatic heterocycles. The largest absolute Gasteiger partial charge is 0.452 e. The summed E-state index contributed by atoms with van der Waals surface area (Å²) in [5.74, 6) is -3.55. The van der Waals surface area contributed by atoms with Crippen molar-refractivity contribution < 1.29 is 32.9 Å². The molecule has 4 rings (SSSR count). The average Bonchev–Trinajstić information content (AvgIpc) is 3.24. The van der Waals surface area contributed by atoms with Crippen LogP contribution in [0.1, 0.15) is 23.0 Å². The third kappa shape index (κ3) is 3.27. The number of aliphatic hydroxyl groups excluding tert-OH is 1. The van der Waals surface area contributed by atoms with Gasteiger partial charge in [-0.1, -0.05) is 0 Å². The molecule has 1 unspecified atom stereocenters. The van der Waals surface area contributed by atoms with E-state index in [1.807, 2.05) is 0 Å². The number of pyridine rings is 1. The smallest absolute Gasteiger partial charge is 0.351 e. The molecule has 4 heterocycles. The van der Waals surface area contributed by atoms with Crippen LogP contribution >= 0.6 is 0 Å². The molecule has 1 amide bonds. The number of ether oxygens (including phenoxy) is 3. The minimum Gasteiger partial charge on any atom is -0.452 e. The number of carbonyl (C=O) groups excluding carboxylic acids is 1. The number of nitrogens with zero attached hydrogens (tertiary/aromatic N) is 3. The van der Waals surface area contributed by atoms with Gasteiger partial charge >= 0.3 is 5.69 Å². The number of hydrogen-bond acceptors (Lipinski definition) is 8. The van der Waals surface area contributed by atoms with Gasteiger partial charge in [-0.3, -0.25) is 9.36 Å². The van der Waals surface area contributed by atoms with Crippen LogP contribution in [0.15, 0.2) is 29.3 Å². The summed E-state index contributed by atoms with van der Waals surface area (Å²) in [5, 5.41) is 11.4. The number of amides is 1. The lowest BCUT2D eigenvalue weighted by Gasteiger charge is -2.19. The first-order valence-electron chi connectivity index (χ1n) is 8.18. The number of alkyl halides is 2. The van der Waals surface area contributed by atoms with Crippen LogP contribution in [-0.2, 0) is 4.74 Å². The van der Waals surface area contributed by atoms with E-state index in [4.69, 9.17) is 19.3 Å². The molecule has 0 spiro atoms. The molecule has 1 fully saturated rings. The zero-order chi connectivity index (χ0) is 19.9. The molecular weight excluding hydrogens is 382 g/mol. The van der Waals surface area contributed by atoms with Gasteiger partial charge in [-0.25, -0.2) is 18.6 Å². The van der Waals surface area contributed by atoms with E-state index in [0.717, 1.165) is 6.20 Å². The van der Waals surface area contributed by atoms with Crippen molar-refractivity contribution in [1.29, 1.82) is 0 Å². The van der Waals surface area contributed by atoms with E-state index >= 15 is 0 Å². The molecule has 2 aliphatic heterocycles. The van der Waals surface area contributed by atoms with E-state index in [1.165, 1.54) is 18.3 Å². The van der Waals surface area contributed by atoms with E-state index in [0.29, 0.717) is 10.3 Å². The fourth-order valence-corrected chi connectivity index (χ4v) is 2.88. The van der Waals surface area contributed by atoms with Crippen LogP contribution in [0.5, 0.6) is 11.6 Å². The number of aromatic nitrogens is 3. The molecule has 12 heteroatoms. The highest BCUT2D eigenvalue weighted by Crippen LogP contribution is 2.41. The number of halogens is 2. The lowest BCUT2D eigenvalue weighted by molar-refractivity contribution is -0.120. The van der Waals surface area contributed by atoms with Crippen LogP contribution in [0.25, 0.3) is 0 Å². The van der Waals surface area contributed by atoms with Crippen molar-refractivity contribution in [3.63, 3.8) is 0 Å². The van der Waals surface area contributed by atoms with E-state index in [2.05, 4.69) is 15.3 Å². The Balaban J connectivity index is 1.52. The quantitative estimate of drug-likeness (QED) is 0.767. The normalized spacial score (nSPS) is 22.2. The van der Waals surface area contributed by atoms with Crippen molar-refractivity contribution in [2.45, 2.75) is 24.7 Å². The molecule has 2 aromatic rings. The van der Waals surface area contributed by atoms with Gasteiger partial charge in [-0.15, -0.1) is 0 Å². The van der Waals surface area contributed by atoms with Crippen molar-refractivity contribution in [1.82, 2.24) is 14.5 Å². The van der Waals surface area contributed by atoms with Gasteiger partial charge in [-0.05, 0) is 6.07 Å². The topological polar surface area (TPSA) is 125 Å². The summed E-state index contributed by atoms with van der Waals surface area (Å²) in [6.07, 6.45) is -1.37. The third-order valence-electron chi connectivity index (χ3n) is 4.20. The molecular formula is C16H14F2N4O6. The number of hydrogen-bond donors (Lipinski definition) is 2. The van der Waals surface area contributed by atoms with E-state index in [1.54, 1.807) is 0 Å². The van der Waals surface area contributed by atoms with Gasteiger partial charge in [0.2, 0.25) is 13.0 Å². The van der Waals surface area contributed by atoms with Crippen LogP contribution in [0, 0.1) is 0 Å². The van der Waals surface area contributed by atoms with Gasteiger partial charge in [0.15, 0.2) is 5.75 Å².